The summed E-state index contributed by atoms with van der Waals surface area (Å²) in [6.07, 6.45) is 9.03. The molecule has 0 N–H and O–H groups in total. The van der Waals surface area contributed by atoms with Crippen molar-refractivity contribution >= 4 is 22.7 Å². The highest BCUT2D eigenvalue weighted by Crippen LogP contribution is 2.22. The first-order chi connectivity index (χ1) is 8.57. The van der Waals surface area contributed by atoms with E-state index in [0.29, 0.717) is 0 Å². The predicted molar refractivity (Wildman–Crippen MR) is 83.8 cm³/mol. The molecule has 1 aromatic heterocycles. The number of allylic oxidation sites excluding steroid dienone is 5. The first kappa shape index (κ1) is 14.5. The molecule has 0 bridgehead atoms. The van der Waals surface area contributed by atoms with Gasteiger partial charge in [-0.3, -0.25) is 4.98 Å². The Labute approximate surface area is 115 Å². The van der Waals surface area contributed by atoms with Crippen molar-refractivity contribution in [2.45, 2.75) is 27.2 Å². The van der Waals surface area contributed by atoms with Crippen molar-refractivity contribution in [1.29, 1.82) is 0 Å². The number of hydrogen-bond acceptors (Lipinski definition) is 2. The highest BCUT2D eigenvalue weighted by molar-refractivity contribution is 7.80. The normalized spacial score (nSPS) is 11.8. The van der Waals surface area contributed by atoms with E-state index in [1.807, 2.05) is 32.1 Å². The molecule has 0 amide bonds. The van der Waals surface area contributed by atoms with Gasteiger partial charge in [0.15, 0.2) is 0 Å². The topological polar surface area (TPSA) is 12.9 Å². The standard InChI is InChI=1S/C16H19NS/c1-5-6-7-9-12(2)13(3)16-15(14(4)18)10-8-11-17-16/h6-11H,3,5H2,1-2,4H3. The quantitative estimate of drug-likeness (QED) is 0.429. The van der Waals surface area contributed by atoms with Gasteiger partial charge >= 0.3 is 0 Å². The number of rotatable bonds is 5. The first-order valence-corrected chi connectivity index (χ1v) is 6.47. The van der Waals surface area contributed by atoms with Gasteiger partial charge in [0, 0.05) is 16.6 Å². The maximum absolute atomic E-state index is 5.25. The third kappa shape index (κ3) is 3.74. The van der Waals surface area contributed by atoms with Gasteiger partial charge < -0.3 is 0 Å². The number of pyridine rings is 1. The maximum atomic E-state index is 5.25. The summed E-state index contributed by atoms with van der Waals surface area (Å²) in [4.78, 5) is 5.24. The molecule has 0 atom stereocenters. The van der Waals surface area contributed by atoms with E-state index in [9.17, 15) is 0 Å². The molecule has 0 saturated carbocycles. The van der Waals surface area contributed by atoms with Crippen molar-refractivity contribution in [1.82, 2.24) is 4.98 Å². The second kappa shape index (κ2) is 7.02. The minimum absolute atomic E-state index is 0.844. The first-order valence-electron chi connectivity index (χ1n) is 6.07. The van der Waals surface area contributed by atoms with Crippen molar-refractivity contribution in [3.05, 3.63) is 60.0 Å². The number of hydrogen-bond donors (Lipinski definition) is 0. The number of thiocarbonyl (C=S) groups is 1. The molecule has 1 heterocycles. The van der Waals surface area contributed by atoms with Gasteiger partial charge in [-0.25, -0.2) is 0 Å². The van der Waals surface area contributed by atoms with Gasteiger partial charge in [0.1, 0.15) is 0 Å². The summed E-state index contributed by atoms with van der Waals surface area (Å²) >= 11 is 5.25. The predicted octanol–water partition coefficient (Wildman–Crippen LogP) is 4.75. The zero-order chi connectivity index (χ0) is 13.5. The summed E-state index contributed by atoms with van der Waals surface area (Å²) in [5.74, 6) is 0. The third-order valence-corrected chi connectivity index (χ3v) is 2.89. The van der Waals surface area contributed by atoms with Crippen LogP contribution in [0.25, 0.3) is 5.57 Å². The van der Waals surface area contributed by atoms with Crippen LogP contribution >= 0.6 is 12.2 Å². The Morgan fingerprint density at radius 3 is 2.78 bits per heavy atom. The second-order valence-corrected chi connectivity index (χ2v) is 4.73. The zero-order valence-corrected chi connectivity index (χ0v) is 12.1. The Kier molecular flexibility index (Phi) is 5.66. The minimum Gasteiger partial charge on any atom is -0.256 e. The summed E-state index contributed by atoms with van der Waals surface area (Å²) in [7, 11) is 0. The number of nitrogens with zero attached hydrogens (tertiary/aromatic N) is 1. The SMILES string of the molecule is C=C(C(C)=CC=CCC)c1ncccc1C(C)=S. The van der Waals surface area contributed by atoms with E-state index in [0.717, 1.165) is 33.7 Å². The van der Waals surface area contributed by atoms with E-state index in [2.05, 4.69) is 30.6 Å². The van der Waals surface area contributed by atoms with Gasteiger partial charge in [0.25, 0.3) is 0 Å². The lowest BCUT2D eigenvalue weighted by atomic mass is 9.99. The van der Waals surface area contributed by atoms with E-state index in [4.69, 9.17) is 12.2 Å². The summed E-state index contributed by atoms with van der Waals surface area (Å²) in [5, 5.41) is 0. The van der Waals surface area contributed by atoms with E-state index < -0.39 is 0 Å². The molecule has 0 aliphatic heterocycles. The highest BCUT2D eigenvalue weighted by atomic mass is 32.1. The van der Waals surface area contributed by atoms with Crippen molar-refractivity contribution in [2.24, 2.45) is 0 Å². The summed E-state index contributed by atoms with van der Waals surface area (Å²) in [5.41, 5.74) is 3.90. The molecule has 0 unspecified atom stereocenters. The van der Waals surface area contributed by atoms with Crippen molar-refractivity contribution < 1.29 is 0 Å². The maximum Gasteiger partial charge on any atom is 0.0782 e. The molecule has 0 spiro atoms. The second-order valence-electron chi connectivity index (χ2n) is 4.12. The Hall–Kier alpha value is -1.54. The molecular weight excluding hydrogens is 238 g/mol. The van der Waals surface area contributed by atoms with Gasteiger partial charge in [0.05, 0.1) is 5.69 Å². The lowest BCUT2D eigenvalue weighted by molar-refractivity contribution is 1.22. The molecule has 0 aliphatic rings. The summed E-state index contributed by atoms with van der Waals surface area (Å²) < 4.78 is 0. The lowest BCUT2D eigenvalue weighted by Gasteiger charge is -2.10. The Morgan fingerprint density at radius 2 is 2.17 bits per heavy atom. The minimum atomic E-state index is 0.844. The Balaban J connectivity index is 3.08. The van der Waals surface area contributed by atoms with Crippen LogP contribution in [0.2, 0.25) is 0 Å². The lowest BCUT2D eigenvalue weighted by Crippen LogP contribution is -2.00. The summed E-state index contributed by atoms with van der Waals surface area (Å²) in [6, 6.07) is 3.89. The van der Waals surface area contributed by atoms with Gasteiger partial charge in [-0.15, -0.1) is 0 Å². The fourth-order valence-corrected chi connectivity index (χ4v) is 1.73. The molecule has 2 heteroatoms. The molecule has 0 saturated heterocycles. The smallest absolute Gasteiger partial charge is 0.0782 e. The Morgan fingerprint density at radius 1 is 1.44 bits per heavy atom. The Bertz CT molecular complexity index is 510. The highest BCUT2D eigenvalue weighted by Gasteiger charge is 2.09. The van der Waals surface area contributed by atoms with E-state index in [-0.39, 0.29) is 0 Å². The molecule has 94 valence electrons. The van der Waals surface area contributed by atoms with Crippen LogP contribution in [0, 0.1) is 0 Å². The van der Waals surface area contributed by atoms with Gasteiger partial charge in [0.2, 0.25) is 0 Å². The molecule has 18 heavy (non-hydrogen) atoms. The largest absolute Gasteiger partial charge is 0.256 e. The molecule has 0 aromatic carbocycles. The molecule has 1 rings (SSSR count). The average molecular weight is 257 g/mol. The average Bonchev–Trinajstić information content (AvgIpc) is 2.38. The third-order valence-electron chi connectivity index (χ3n) is 2.67. The van der Waals surface area contributed by atoms with Crippen LogP contribution in [0.15, 0.2) is 48.7 Å². The van der Waals surface area contributed by atoms with Crippen molar-refractivity contribution in [2.75, 3.05) is 0 Å². The van der Waals surface area contributed by atoms with Crippen LogP contribution in [0.1, 0.15) is 38.4 Å². The number of aromatic nitrogens is 1. The fourth-order valence-electron chi connectivity index (χ4n) is 1.57. The van der Waals surface area contributed by atoms with Crippen LogP contribution in [0.3, 0.4) is 0 Å². The molecule has 1 nitrogen and oxygen atoms in total. The van der Waals surface area contributed by atoms with Crippen LogP contribution in [0.4, 0.5) is 0 Å². The molecule has 0 aliphatic carbocycles. The zero-order valence-electron chi connectivity index (χ0n) is 11.2. The fraction of sp³-hybridized carbons (Fsp3) is 0.250. The molecular formula is C16H19NS. The molecule has 0 fully saturated rings. The van der Waals surface area contributed by atoms with Crippen molar-refractivity contribution in [3.63, 3.8) is 0 Å². The summed E-state index contributed by atoms with van der Waals surface area (Å²) in [6.45, 7) is 10.2. The van der Waals surface area contributed by atoms with E-state index >= 15 is 0 Å². The molecule has 1 aromatic rings. The van der Waals surface area contributed by atoms with E-state index in [1.54, 1.807) is 6.20 Å². The van der Waals surface area contributed by atoms with Crippen LogP contribution in [0.5, 0.6) is 0 Å². The molecule has 0 radical (unpaired) electrons. The van der Waals surface area contributed by atoms with Crippen LogP contribution < -0.4 is 0 Å². The van der Waals surface area contributed by atoms with Crippen LogP contribution in [-0.2, 0) is 0 Å². The van der Waals surface area contributed by atoms with Gasteiger partial charge in [-0.05, 0) is 37.5 Å². The van der Waals surface area contributed by atoms with Crippen molar-refractivity contribution in [3.8, 4) is 0 Å². The van der Waals surface area contributed by atoms with Crippen LogP contribution in [-0.4, -0.2) is 9.85 Å². The van der Waals surface area contributed by atoms with E-state index in [1.165, 1.54) is 0 Å². The monoisotopic (exact) mass is 257 g/mol. The van der Waals surface area contributed by atoms with Gasteiger partial charge in [-0.1, -0.05) is 50.0 Å². The van der Waals surface area contributed by atoms with Gasteiger partial charge in [-0.2, -0.15) is 0 Å².